The molecule has 4 nitrogen and oxygen atoms in total. The van der Waals surface area contributed by atoms with Gasteiger partial charge in [-0.05, 0) is 30.7 Å². The first-order chi connectivity index (χ1) is 9.85. The standard InChI is InChI=1S/C14H14Cl2N2O2S/c1-10(11-6-3-4-7-12(11)15)18(2)21(19,20)13-8-5-9-17-14(13)16/h3-10H,1-2H3. The molecule has 1 unspecified atom stereocenters. The van der Waals surface area contributed by atoms with Gasteiger partial charge in [-0.2, -0.15) is 4.31 Å². The van der Waals surface area contributed by atoms with E-state index in [0.29, 0.717) is 5.02 Å². The van der Waals surface area contributed by atoms with Crippen LogP contribution >= 0.6 is 23.2 Å². The molecule has 0 aliphatic heterocycles. The summed E-state index contributed by atoms with van der Waals surface area (Å²) in [7, 11) is -2.26. The third-order valence-corrected chi connectivity index (χ3v) is 6.00. The van der Waals surface area contributed by atoms with E-state index in [4.69, 9.17) is 23.2 Å². The molecule has 0 aliphatic carbocycles. The molecule has 0 saturated heterocycles. The largest absolute Gasteiger partial charge is 0.246 e. The van der Waals surface area contributed by atoms with Crippen molar-refractivity contribution in [2.24, 2.45) is 0 Å². The molecule has 0 radical (unpaired) electrons. The predicted octanol–water partition coefficient (Wildman–Crippen LogP) is 3.77. The highest BCUT2D eigenvalue weighted by atomic mass is 35.5. The van der Waals surface area contributed by atoms with E-state index in [-0.39, 0.29) is 10.0 Å². The van der Waals surface area contributed by atoms with Crippen LogP contribution in [0.2, 0.25) is 10.2 Å². The van der Waals surface area contributed by atoms with Crippen LogP contribution in [0.5, 0.6) is 0 Å². The Kier molecular flexibility index (Phi) is 4.88. The van der Waals surface area contributed by atoms with E-state index >= 15 is 0 Å². The summed E-state index contributed by atoms with van der Waals surface area (Å²) in [6.45, 7) is 1.77. The molecule has 2 aromatic rings. The summed E-state index contributed by atoms with van der Waals surface area (Å²) < 4.78 is 26.5. The first-order valence-corrected chi connectivity index (χ1v) is 8.38. The Morgan fingerprint density at radius 3 is 2.43 bits per heavy atom. The van der Waals surface area contributed by atoms with Gasteiger partial charge in [-0.25, -0.2) is 13.4 Å². The molecule has 1 heterocycles. The molecular weight excluding hydrogens is 331 g/mol. The van der Waals surface area contributed by atoms with Gasteiger partial charge in [-0.15, -0.1) is 0 Å². The van der Waals surface area contributed by atoms with Gasteiger partial charge < -0.3 is 0 Å². The van der Waals surface area contributed by atoms with Crippen LogP contribution < -0.4 is 0 Å². The van der Waals surface area contributed by atoms with Gasteiger partial charge in [0.1, 0.15) is 10.0 Å². The van der Waals surface area contributed by atoms with E-state index in [1.807, 2.05) is 6.07 Å². The lowest BCUT2D eigenvalue weighted by Crippen LogP contribution is -2.30. The van der Waals surface area contributed by atoms with Crippen LogP contribution in [-0.2, 0) is 10.0 Å². The second-order valence-electron chi connectivity index (χ2n) is 4.51. The minimum Gasteiger partial charge on any atom is -0.243 e. The molecule has 112 valence electrons. The van der Waals surface area contributed by atoms with E-state index < -0.39 is 16.1 Å². The Balaban J connectivity index is 2.42. The predicted molar refractivity (Wildman–Crippen MR) is 84.1 cm³/mol. The molecule has 0 aliphatic rings. The number of hydrogen-bond donors (Lipinski definition) is 0. The molecule has 1 aromatic carbocycles. The Hall–Kier alpha value is -1.14. The molecule has 0 fully saturated rings. The topological polar surface area (TPSA) is 50.3 Å². The van der Waals surface area contributed by atoms with E-state index in [0.717, 1.165) is 5.56 Å². The lowest BCUT2D eigenvalue weighted by molar-refractivity contribution is 0.398. The molecule has 7 heteroatoms. The van der Waals surface area contributed by atoms with Crippen LogP contribution in [0.1, 0.15) is 18.5 Å². The van der Waals surface area contributed by atoms with Gasteiger partial charge in [0.05, 0.1) is 0 Å². The third-order valence-electron chi connectivity index (χ3n) is 3.28. The molecular formula is C14H14Cl2N2O2S. The number of sulfonamides is 1. The van der Waals surface area contributed by atoms with Crippen LogP contribution in [0.25, 0.3) is 0 Å². The van der Waals surface area contributed by atoms with Gasteiger partial charge in [0, 0.05) is 24.3 Å². The fraction of sp³-hybridized carbons (Fsp3) is 0.214. The maximum Gasteiger partial charge on any atom is 0.246 e. The lowest BCUT2D eigenvalue weighted by Gasteiger charge is -2.25. The molecule has 0 amide bonds. The molecule has 1 atom stereocenters. The highest BCUT2D eigenvalue weighted by Gasteiger charge is 2.29. The van der Waals surface area contributed by atoms with Crippen molar-refractivity contribution in [2.75, 3.05) is 7.05 Å². The number of aromatic nitrogens is 1. The summed E-state index contributed by atoms with van der Waals surface area (Å²) in [5.74, 6) is 0. The van der Waals surface area contributed by atoms with Crippen molar-refractivity contribution in [1.82, 2.24) is 9.29 Å². The van der Waals surface area contributed by atoms with E-state index in [1.165, 1.54) is 29.7 Å². The first kappa shape index (κ1) is 16.2. The van der Waals surface area contributed by atoms with Crippen LogP contribution in [-0.4, -0.2) is 24.8 Å². The van der Waals surface area contributed by atoms with Crippen molar-refractivity contribution in [3.05, 3.63) is 58.3 Å². The van der Waals surface area contributed by atoms with Gasteiger partial charge in [0.25, 0.3) is 0 Å². The molecule has 0 N–H and O–H groups in total. The smallest absolute Gasteiger partial charge is 0.243 e. The molecule has 0 bridgehead atoms. The fourth-order valence-electron chi connectivity index (χ4n) is 1.94. The van der Waals surface area contributed by atoms with E-state index in [2.05, 4.69) is 4.98 Å². The van der Waals surface area contributed by atoms with Crippen LogP contribution in [0, 0.1) is 0 Å². The van der Waals surface area contributed by atoms with Crippen molar-refractivity contribution in [2.45, 2.75) is 17.9 Å². The van der Waals surface area contributed by atoms with Crippen LogP contribution in [0.3, 0.4) is 0 Å². The highest BCUT2D eigenvalue weighted by molar-refractivity contribution is 7.89. The zero-order valence-electron chi connectivity index (χ0n) is 11.5. The molecule has 2 rings (SSSR count). The zero-order chi connectivity index (χ0) is 15.6. The van der Waals surface area contributed by atoms with Crippen molar-refractivity contribution in [1.29, 1.82) is 0 Å². The zero-order valence-corrected chi connectivity index (χ0v) is 13.8. The number of halogens is 2. The third kappa shape index (κ3) is 3.21. The monoisotopic (exact) mass is 344 g/mol. The number of benzene rings is 1. The molecule has 0 spiro atoms. The Bertz CT molecular complexity index is 750. The number of pyridine rings is 1. The van der Waals surface area contributed by atoms with Gasteiger partial charge >= 0.3 is 0 Å². The number of nitrogens with zero attached hydrogens (tertiary/aromatic N) is 2. The maximum atomic E-state index is 12.6. The summed E-state index contributed by atoms with van der Waals surface area (Å²) in [5, 5.41) is 0.472. The Morgan fingerprint density at radius 1 is 1.14 bits per heavy atom. The normalized spacial score (nSPS) is 13.4. The second kappa shape index (κ2) is 6.32. The number of hydrogen-bond acceptors (Lipinski definition) is 3. The van der Waals surface area contributed by atoms with Crippen LogP contribution in [0.4, 0.5) is 0 Å². The quantitative estimate of drug-likeness (QED) is 0.793. The van der Waals surface area contributed by atoms with E-state index in [9.17, 15) is 8.42 Å². The van der Waals surface area contributed by atoms with Crippen molar-refractivity contribution < 1.29 is 8.42 Å². The molecule has 0 saturated carbocycles. The average Bonchev–Trinajstić information content (AvgIpc) is 2.46. The number of rotatable bonds is 4. The van der Waals surface area contributed by atoms with Gasteiger partial charge in [-0.3, -0.25) is 0 Å². The summed E-state index contributed by atoms with van der Waals surface area (Å²) in [4.78, 5) is 3.79. The van der Waals surface area contributed by atoms with Gasteiger partial charge in [-0.1, -0.05) is 41.4 Å². The van der Waals surface area contributed by atoms with E-state index in [1.54, 1.807) is 25.1 Å². The lowest BCUT2D eigenvalue weighted by atomic mass is 10.1. The first-order valence-electron chi connectivity index (χ1n) is 6.18. The molecule has 21 heavy (non-hydrogen) atoms. The van der Waals surface area contributed by atoms with Gasteiger partial charge in [0.2, 0.25) is 10.0 Å². The van der Waals surface area contributed by atoms with Crippen molar-refractivity contribution in [3.8, 4) is 0 Å². The van der Waals surface area contributed by atoms with Crippen molar-refractivity contribution in [3.63, 3.8) is 0 Å². The SMILES string of the molecule is CC(c1ccccc1Cl)N(C)S(=O)(=O)c1cccnc1Cl. The summed E-state index contributed by atoms with van der Waals surface area (Å²) >= 11 is 12.0. The summed E-state index contributed by atoms with van der Waals surface area (Å²) in [6, 6.07) is 9.67. The van der Waals surface area contributed by atoms with Gasteiger partial charge in [0.15, 0.2) is 0 Å². The Morgan fingerprint density at radius 2 is 1.81 bits per heavy atom. The minimum atomic E-state index is -3.75. The van der Waals surface area contributed by atoms with Crippen molar-refractivity contribution >= 4 is 33.2 Å². The maximum absolute atomic E-state index is 12.6. The van der Waals surface area contributed by atoms with Crippen LogP contribution in [0.15, 0.2) is 47.5 Å². The second-order valence-corrected chi connectivity index (χ2v) is 7.24. The summed E-state index contributed by atoms with van der Waals surface area (Å²) in [5.41, 5.74) is 0.727. The Labute approximate surface area is 134 Å². The highest BCUT2D eigenvalue weighted by Crippen LogP contribution is 2.31. The minimum absolute atomic E-state index is 0.0203. The molecule has 1 aromatic heterocycles. The fourth-order valence-corrected chi connectivity index (χ4v) is 4.00. The summed E-state index contributed by atoms with van der Waals surface area (Å²) in [6.07, 6.45) is 1.44. The average molecular weight is 345 g/mol.